The zero-order valence-electron chi connectivity index (χ0n) is 19.4. The maximum Gasteiger partial charge on any atom is 0.267 e. The Kier molecular flexibility index (Phi) is 19.7. The fraction of sp³-hybridized carbons (Fsp3) is 1.00. The van der Waals surface area contributed by atoms with Gasteiger partial charge < -0.3 is 5.11 Å². The van der Waals surface area contributed by atoms with E-state index in [1.54, 1.807) is 0 Å². The standard InChI is InChI=1S/C24H50O4S/c1-3-5-6-7-10-14-17-21-24(29(26,27)28)22-18-15-12-9-8-11-13-16-20-23(25)19-4-2/h23-25H,3-22H2,1-2H3,(H,26,27,28). The van der Waals surface area contributed by atoms with Crippen molar-refractivity contribution in [1.29, 1.82) is 0 Å². The lowest BCUT2D eigenvalue weighted by molar-refractivity contribution is 0.150. The molecule has 0 aliphatic carbocycles. The van der Waals surface area contributed by atoms with Gasteiger partial charge in [-0.2, -0.15) is 8.42 Å². The maximum atomic E-state index is 11.6. The van der Waals surface area contributed by atoms with Crippen LogP contribution in [0.1, 0.15) is 142 Å². The van der Waals surface area contributed by atoms with Crippen molar-refractivity contribution in [2.45, 2.75) is 154 Å². The summed E-state index contributed by atoms with van der Waals surface area (Å²) in [7, 11) is -3.91. The van der Waals surface area contributed by atoms with E-state index in [1.165, 1.54) is 57.8 Å². The molecule has 0 aliphatic rings. The first kappa shape index (κ1) is 28.9. The third-order valence-corrected chi connectivity index (χ3v) is 7.30. The molecule has 4 nitrogen and oxygen atoms in total. The van der Waals surface area contributed by atoms with E-state index in [4.69, 9.17) is 0 Å². The molecule has 5 heteroatoms. The topological polar surface area (TPSA) is 74.6 Å². The Morgan fingerprint density at radius 3 is 1.31 bits per heavy atom. The lowest BCUT2D eigenvalue weighted by atomic mass is 10.0. The predicted molar refractivity (Wildman–Crippen MR) is 125 cm³/mol. The summed E-state index contributed by atoms with van der Waals surface area (Å²) in [6.45, 7) is 4.31. The second-order valence-electron chi connectivity index (χ2n) is 8.90. The largest absolute Gasteiger partial charge is 0.393 e. The van der Waals surface area contributed by atoms with Crippen LogP contribution in [0.15, 0.2) is 0 Å². The Balaban J connectivity index is 3.65. The lowest BCUT2D eigenvalue weighted by Gasteiger charge is -2.13. The molecule has 0 aliphatic heterocycles. The highest BCUT2D eigenvalue weighted by molar-refractivity contribution is 7.86. The number of aliphatic hydroxyl groups excluding tert-OH is 1. The van der Waals surface area contributed by atoms with Crippen LogP contribution in [0, 0.1) is 0 Å². The highest BCUT2D eigenvalue weighted by atomic mass is 32.2. The quantitative estimate of drug-likeness (QED) is 0.137. The van der Waals surface area contributed by atoms with E-state index in [0.29, 0.717) is 12.8 Å². The number of unbranched alkanes of at least 4 members (excludes halogenated alkanes) is 13. The smallest absolute Gasteiger partial charge is 0.267 e. The van der Waals surface area contributed by atoms with Crippen LogP contribution >= 0.6 is 0 Å². The molecule has 29 heavy (non-hydrogen) atoms. The average molecular weight is 435 g/mol. The van der Waals surface area contributed by atoms with Gasteiger partial charge in [0.1, 0.15) is 0 Å². The Labute approximate surface area is 182 Å². The summed E-state index contributed by atoms with van der Waals surface area (Å²) in [5.74, 6) is 0. The van der Waals surface area contributed by atoms with E-state index in [2.05, 4.69) is 13.8 Å². The molecule has 0 spiro atoms. The molecule has 0 aromatic rings. The van der Waals surface area contributed by atoms with Gasteiger partial charge in [-0.1, -0.05) is 117 Å². The minimum absolute atomic E-state index is 0.114. The SMILES string of the molecule is CCCCCCCCCC(CCCCCCCCCCC(O)CCC)S(=O)(=O)O. The third kappa shape index (κ3) is 19.6. The molecule has 0 heterocycles. The first-order chi connectivity index (χ1) is 13.9. The fourth-order valence-electron chi connectivity index (χ4n) is 4.06. The van der Waals surface area contributed by atoms with E-state index in [0.717, 1.165) is 57.8 Å². The summed E-state index contributed by atoms with van der Waals surface area (Å²) in [5, 5.41) is 9.14. The monoisotopic (exact) mass is 434 g/mol. The van der Waals surface area contributed by atoms with Crippen molar-refractivity contribution in [1.82, 2.24) is 0 Å². The summed E-state index contributed by atoms with van der Waals surface area (Å²) in [5.41, 5.74) is 0. The van der Waals surface area contributed by atoms with Crippen molar-refractivity contribution in [3.63, 3.8) is 0 Å². The molecule has 0 rings (SSSR count). The molecule has 0 bridgehead atoms. The van der Waals surface area contributed by atoms with Gasteiger partial charge >= 0.3 is 0 Å². The van der Waals surface area contributed by atoms with Gasteiger partial charge in [-0.15, -0.1) is 0 Å². The van der Waals surface area contributed by atoms with Crippen LogP contribution in [0.2, 0.25) is 0 Å². The molecule has 2 unspecified atom stereocenters. The van der Waals surface area contributed by atoms with E-state index in [1.807, 2.05) is 0 Å². The lowest BCUT2D eigenvalue weighted by Crippen LogP contribution is -2.20. The fourth-order valence-corrected chi connectivity index (χ4v) is 4.99. The summed E-state index contributed by atoms with van der Waals surface area (Å²) in [6.07, 6.45) is 21.3. The second-order valence-corrected chi connectivity index (χ2v) is 10.6. The zero-order valence-corrected chi connectivity index (χ0v) is 20.2. The van der Waals surface area contributed by atoms with Crippen molar-refractivity contribution < 1.29 is 18.1 Å². The molecule has 0 amide bonds. The number of hydrogen-bond donors (Lipinski definition) is 2. The van der Waals surface area contributed by atoms with Crippen LogP contribution in [0.5, 0.6) is 0 Å². The van der Waals surface area contributed by atoms with E-state index < -0.39 is 15.4 Å². The Morgan fingerprint density at radius 1 is 0.552 bits per heavy atom. The predicted octanol–water partition coefficient (Wildman–Crippen LogP) is 7.45. The minimum Gasteiger partial charge on any atom is -0.393 e. The first-order valence-electron chi connectivity index (χ1n) is 12.6. The molecule has 0 saturated carbocycles. The molecular formula is C24H50O4S. The highest BCUT2D eigenvalue weighted by Gasteiger charge is 2.21. The maximum absolute atomic E-state index is 11.6. The molecule has 176 valence electrons. The Bertz CT molecular complexity index is 436. The number of rotatable bonds is 22. The van der Waals surface area contributed by atoms with Gasteiger partial charge in [0.05, 0.1) is 11.4 Å². The molecule has 2 atom stereocenters. The normalized spacial score (nSPS) is 14.2. The summed E-state index contributed by atoms with van der Waals surface area (Å²) >= 11 is 0. The van der Waals surface area contributed by atoms with Gasteiger partial charge in [0.2, 0.25) is 0 Å². The summed E-state index contributed by atoms with van der Waals surface area (Å²) in [6, 6.07) is 0. The molecular weight excluding hydrogens is 384 g/mol. The summed E-state index contributed by atoms with van der Waals surface area (Å²) in [4.78, 5) is 0. The zero-order chi connectivity index (χ0) is 21.8. The van der Waals surface area contributed by atoms with Crippen LogP contribution in [0.25, 0.3) is 0 Å². The molecule has 2 N–H and O–H groups in total. The highest BCUT2D eigenvalue weighted by Crippen LogP contribution is 2.19. The van der Waals surface area contributed by atoms with Crippen molar-refractivity contribution in [2.24, 2.45) is 0 Å². The third-order valence-electron chi connectivity index (χ3n) is 5.99. The molecule has 0 radical (unpaired) electrons. The molecule has 0 aromatic carbocycles. The van der Waals surface area contributed by atoms with Gasteiger partial charge in [-0.3, -0.25) is 4.55 Å². The summed E-state index contributed by atoms with van der Waals surface area (Å²) < 4.78 is 32.8. The van der Waals surface area contributed by atoms with E-state index in [-0.39, 0.29) is 6.10 Å². The van der Waals surface area contributed by atoms with Crippen LogP contribution in [-0.2, 0) is 10.1 Å². The Hall–Kier alpha value is -0.130. The molecule has 0 aromatic heterocycles. The van der Waals surface area contributed by atoms with Gasteiger partial charge in [0, 0.05) is 0 Å². The van der Waals surface area contributed by atoms with E-state index >= 15 is 0 Å². The van der Waals surface area contributed by atoms with Crippen LogP contribution in [0.3, 0.4) is 0 Å². The van der Waals surface area contributed by atoms with E-state index in [9.17, 15) is 18.1 Å². The molecule has 0 fully saturated rings. The van der Waals surface area contributed by atoms with Crippen molar-refractivity contribution >= 4 is 10.1 Å². The average Bonchev–Trinajstić information content (AvgIpc) is 2.66. The molecule has 0 saturated heterocycles. The van der Waals surface area contributed by atoms with Crippen LogP contribution in [0.4, 0.5) is 0 Å². The van der Waals surface area contributed by atoms with Gasteiger partial charge in [0.15, 0.2) is 0 Å². The van der Waals surface area contributed by atoms with Crippen LogP contribution < -0.4 is 0 Å². The van der Waals surface area contributed by atoms with Gasteiger partial charge in [0.25, 0.3) is 10.1 Å². The van der Waals surface area contributed by atoms with Crippen molar-refractivity contribution in [3.8, 4) is 0 Å². The van der Waals surface area contributed by atoms with Crippen molar-refractivity contribution in [2.75, 3.05) is 0 Å². The second kappa shape index (κ2) is 19.8. The minimum atomic E-state index is -3.91. The number of hydrogen-bond acceptors (Lipinski definition) is 3. The van der Waals surface area contributed by atoms with Crippen molar-refractivity contribution in [3.05, 3.63) is 0 Å². The van der Waals surface area contributed by atoms with Gasteiger partial charge in [-0.25, -0.2) is 0 Å². The van der Waals surface area contributed by atoms with Gasteiger partial charge in [-0.05, 0) is 25.7 Å². The Morgan fingerprint density at radius 2 is 0.931 bits per heavy atom. The number of aliphatic hydroxyl groups is 1. The van der Waals surface area contributed by atoms with Crippen LogP contribution in [-0.4, -0.2) is 29.4 Å². The first-order valence-corrected chi connectivity index (χ1v) is 14.1.